The predicted molar refractivity (Wildman–Crippen MR) is 71.0 cm³/mol. The average Bonchev–Trinajstić information content (AvgIpc) is 3.04. The predicted octanol–water partition coefficient (Wildman–Crippen LogP) is 1.85. The fourth-order valence-corrected chi connectivity index (χ4v) is 3.68. The van der Waals surface area contributed by atoms with Gasteiger partial charge in [-0.2, -0.15) is 4.98 Å². The summed E-state index contributed by atoms with van der Waals surface area (Å²) in [4.78, 5) is 17.9. The summed E-state index contributed by atoms with van der Waals surface area (Å²) in [6.07, 6.45) is 6.13. The minimum absolute atomic E-state index is 0.369. The maximum atomic E-state index is 11.5. The van der Waals surface area contributed by atoms with Crippen molar-refractivity contribution in [1.82, 2.24) is 15.0 Å². The number of fused-ring (bicyclic) bond motifs is 1. The van der Waals surface area contributed by atoms with Crippen LogP contribution in [0, 0.1) is 5.92 Å². The normalized spacial score (nSPS) is 30.4. The zero-order valence-corrected chi connectivity index (χ0v) is 11.8. The molecule has 1 saturated heterocycles. The number of aliphatic carboxylic acids is 1. The fourth-order valence-electron chi connectivity index (χ4n) is 3.68. The number of aryl methyl sites for hydroxylation is 1. The molecule has 0 bridgehead atoms. The first-order valence-electron chi connectivity index (χ1n) is 7.49. The van der Waals surface area contributed by atoms with Crippen LogP contribution >= 0.6 is 0 Å². The second kappa shape index (κ2) is 5.52. The SMILES string of the molecule is CCc1nc(CN2C(C(=O)O)CC3CCCCC32)no1. The van der Waals surface area contributed by atoms with Crippen LogP contribution in [-0.2, 0) is 17.8 Å². The molecule has 1 aliphatic carbocycles. The monoisotopic (exact) mass is 279 g/mol. The van der Waals surface area contributed by atoms with Crippen LogP contribution in [0.5, 0.6) is 0 Å². The standard InChI is InChI=1S/C14H21N3O3/c1-2-13-15-12(16-20-13)8-17-10-6-4-3-5-9(10)7-11(17)14(18)19/h9-11H,2-8H2,1H3,(H,18,19). The Labute approximate surface area is 118 Å². The van der Waals surface area contributed by atoms with E-state index in [-0.39, 0.29) is 0 Å². The third-order valence-corrected chi connectivity index (χ3v) is 4.64. The lowest BCUT2D eigenvalue weighted by Crippen LogP contribution is -2.41. The molecule has 3 atom stereocenters. The van der Waals surface area contributed by atoms with E-state index >= 15 is 0 Å². The lowest BCUT2D eigenvalue weighted by Gasteiger charge is -2.32. The van der Waals surface area contributed by atoms with Crippen LogP contribution in [0.1, 0.15) is 50.7 Å². The van der Waals surface area contributed by atoms with Gasteiger partial charge in [0.25, 0.3) is 0 Å². The maximum Gasteiger partial charge on any atom is 0.320 e. The number of carboxylic acid groups (broad SMARTS) is 1. The number of hydrogen-bond donors (Lipinski definition) is 1. The van der Waals surface area contributed by atoms with Gasteiger partial charge >= 0.3 is 5.97 Å². The summed E-state index contributed by atoms with van der Waals surface area (Å²) in [5.41, 5.74) is 0. The van der Waals surface area contributed by atoms with E-state index in [4.69, 9.17) is 4.52 Å². The largest absolute Gasteiger partial charge is 0.480 e. The van der Waals surface area contributed by atoms with Crippen molar-refractivity contribution in [1.29, 1.82) is 0 Å². The van der Waals surface area contributed by atoms with Crippen molar-refractivity contribution < 1.29 is 14.4 Å². The average molecular weight is 279 g/mol. The zero-order valence-electron chi connectivity index (χ0n) is 11.8. The number of hydrogen-bond acceptors (Lipinski definition) is 5. The molecule has 20 heavy (non-hydrogen) atoms. The molecule has 0 spiro atoms. The second-order valence-electron chi connectivity index (χ2n) is 5.83. The smallest absolute Gasteiger partial charge is 0.320 e. The van der Waals surface area contributed by atoms with Gasteiger partial charge in [-0.05, 0) is 25.2 Å². The molecule has 3 rings (SSSR count). The van der Waals surface area contributed by atoms with Gasteiger partial charge in [0.15, 0.2) is 5.82 Å². The van der Waals surface area contributed by atoms with Crippen LogP contribution in [-0.4, -0.2) is 38.2 Å². The van der Waals surface area contributed by atoms with Gasteiger partial charge in [0.2, 0.25) is 5.89 Å². The quantitative estimate of drug-likeness (QED) is 0.906. The van der Waals surface area contributed by atoms with Crippen molar-refractivity contribution in [2.24, 2.45) is 5.92 Å². The molecule has 2 fully saturated rings. The van der Waals surface area contributed by atoms with Gasteiger partial charge in [-0.1, -0.05) is 24.9 Å². The van der Waals surface area contributed by atoms with Crippen LogP contribution in [0.15, 0.2) is 4.52 Å². The Balaban J connectivity index is 1.78. The summed E-state index contributed by atoms with van der Waals surface area (Å²) in [5, 5.41) is 13.4. The number of nitrogens with zero attached hydrogens (tertiary/aromatic N) is 3. The lowest BCUT2D eigenvalue weighted by atomic mass is 9.85. The van der Waals surface area contributed by atoms with Crippen molar-refractivity contribution in [2.45, 2.75) is 64.1 Å². The molecule has 2 heterocycles. The highest BCUT2D eigenvalue weighted by atomic mass is 16.5. The molecule has 1 aliphatic heterocycles. The topological polar surface area (TPSA) is 79.5 Å². The summed E-state index contributed by atoms with van der Waals surface area (Å²) < 4.78 is 5.12. The van der Waals surface area contributed by atoms with Crippen LogP contribution in [0.3, 0.4) is 0 Å². The van der Waals surface area contributed by atoms with E-state index in [0.29, 0.717) is 36.6 Å². The molecule has 1 aromatic rings. The van der Waals surface area contributed by atoms with E-state index in [1.54, 1.807) is 0 Å². The summed E-state index contributed by atoms with van der Waals surface area (Å²) in [6.45, 7) is 2.45. The van der Waals surface area contributed by atoms with E-state index < -0.39 is 12.0 Å². The van der Waals surface area contributed by atoms with Crippen LogP contribution in [0.4, 0.5) is 0 Å². The van der Waals surface area contributed by atoms with E-state index in [1.165, 1.54) is 12.8 Å². The molecule has 6 nitrogen and oxygen atoms in total. The highest BCUT2D eigenvalue weighted by Crippen LogP contribution is 2.40. The van der Waals surface area contributed by atoms with Crippen molar-refractivity contribution in [3.05, 3.63) is 11.7 Å². The first kappa shape index (κ1) is 13.5. The molecular formula is C14H21N3O3. The molecule has 0 amide bonds. The molecule has 0 radical (unpaired) electrons. The van der Waals surface area contributed by atoms with Gasteiger partial charge in [-0.25, -0.2) is 0 Å². The van der Waals surface area contributed by atoms with Gasteiger partial charge < -0.3 is 9.63 Å². The van der Waals surface area contributed by atoms with Gasteiger partial charge in [0, 0.05) is 12.5 Å². The molecule has 3 unspecified atom stereocenters. The molecule has 110 valence electrons. The summed E-state index contributed by atoms with van der Waals surface area (Å²) >= 11 is 0. The zero-order chi connectivity index (χ0) is 14.1. The van der Waals surface area contributed by atoms with E-state index in [2.05, 4.69) is 15.0 Å². The number of carbonyl (C=O) groups is 1. The second-order valence-corrected chi connectivity index (χ2v) is 5.83. The van der Waals surface area contributed by atoms with Gasteiger partial charge in [-0.15, -0.1) is 0 Å². The fraction of sp³-hybridized carbons (Fsp3) is 0.786. The molecule has 1 saturated carbocycles. The molecule has 1 N–H and O–H groups in total. The Hall–Kier alpha value is -1.43. The molecular weight excluding hydrogens is 258 g/mol. The summed E-state index contributed by atoms with van der Waals surface area (Å²) in [5.74, 6) is 1.02. The van der Waals surface area contributed by atoms with E-state index in [1.807, 2.05) is 6.92 Å². The first-order valence-corrected chi connectivity index (χ1v) is 7.49. The third kappa shape index (κ3) is 2.44. The Kier molecular flexibility index (Phi) is 3.74. The van der Waals surface area contributed by atoms with Crippen LogP contribution in [0.25, 0.3) is 0 Å². The first-order chi connectivity index (χ1) is 9.69. The number of rotatable bonds is 4. The minimum atomic E-state index is -0.724. The summed E-state index contributed by atoms with van der Waals surface area (Å²) in [7, 11) is 0. The Morgan fingerprint density at radius 2 is 2.25 bits per heavy atom. The minimum Gasteiger partial charge on any atom is -0.480 e. The lowest BCUT2D eigenvalue weighted by molar-refractivity contribution is -0.143. The Morgan fingerprint density at radius 3 is 2.95 bits per heavy atom. The van der Waals surface area contributed by atoms with Crippen LogP contribution in [0.2, 0.25) is 0 Å². The number of likely N-dealkylation sites (tertiary alicyclic amines) is 1. The third-order valence-electron chi connectivity index (χ3n) is 4.64. The Bertz CT molecular complexity index is 488. The highest BCUT2D eigenvalue weighted by molar-refractivity contribution is 5.74. The van der Waals surface area contributed by atoms with Crippen molar-refractivity contribution in [3.63, 3.8) is 0 Å². The van der Waals surface area contributed by atoms with Crippen molar-refractivity contribution >= 4 is 5.97 Å². The van der Waals surface area contributed by atoms with E-state index in [9.17, 15) is 9.90 Å². The maximum absolute atomic E-state index is 11.5. The van der Waals surface area contributed by atoms with Crippen LogP contribution < -0.4 is 0 Å². The summed E-state index contributed by atoms with van der Waals surface area (Å²) in [6, 6.07) is -0.0277. The van der Waals surface area contributed by atoms with Crippen molar-refractivity contribution in [3.8, 4) is 0 Å². The number of carboxylic acids is 1. The van der Waals surface area contributed by atoms with Gasteiger partial charge in [-0.3, -0.25) is 9.69 Å². The number of aromatic nitrogens is 2. The van der Waals surface area contributed by atoms with Gasteiger partial charge in [0.05, 0.1) is 6.54 Å². The highest BCUT2D eigenvalue weighted by Gasteiger charge is 2.45. The van der Waals surface area contributed by atoms with Gasteiger partial charge in [0.1, 0.15) is 6.04 Å². The molecule has 2 aliphatic rings. The van der Waals surface area contributed by atoms with Crippen molar-refractivity contribution in [2.75, 3.05) is 0 Å². The Morgan fingerprint density at radius 1 is 1.45 bits per heavy atom. The molecule has 6 heteroatoms. The molecule has 0 aromatic carbocycles. The van der Waals surface area contributed by atoms with E-state index in [0.717, 1.165) is 19.3 Å². The molecule has 1 aromatic heterocycles.